The van der Waals surface area contributed by atoms with Crippen LogP contribution >= 0.6 is 0 Å². The number of hydrogen-bond acceptors (Lipinski definition) is 4. The van der Waals surface area contributed by atoms with E-state index in [1.807, 2.05) is 12.1 Å². The van der Waals surface area contributed by atoms with Gasteiger partial charge in [0.25, 0.3) is 0 Å². The van der Waals surface area contributed by atoms with Gasteiger partial charge in [-0.15, -0.1) is 0 Å². The summed E-state index contributed by atoms with van der Waals surface area (Å²) in [4.78, 5) is 6.64. The first-order chi connectivity index (χ1) is 9.19. The van der Waals surface area contributed by atoms with E-state index in [1.54, 1.807) is 0 Å². The van der Waals surface area contributed by atoms with Crippen molar-refractivity contribution in [3.05, 3.63) is 35.7 Å². The standard InChI is InChI=1S/C15H21N3O/c1-4-5-10-18(3)11-14-16-15(17-19-14)13-8-6-12(2)7-9-13/h6-9H,4-5,10-11H2,1-3H3. The number of unbranched alkanes of at least 4 members (excludes halogenated alkanes) is 1. The predicted molar refractivity (Wildman–Crippen MR) is 75.7 cm³/mol. The monoisotopic (exact) mass is 259 g/mol. The first-order valence-electron chi connectivity index (χ1n) is 6.77. The molecule has 1 aromatic heterocycles. The lowest BCUT2D eigenvalue weighted by Crippen LogP contribution is -2.19. The van der Waals surface area contributed by atoms with Gasteiger partial charge in [-0.2, -0.15) is 4.98 Å². The highest BCUT2D eigenvalue weighted by molar-refractivity contribution is 5.54. The molecule has 0 bridgehead atoms. The van der Waals surface area contributed by atoms with Gasteiger partial charge in [0.05, 0.1) is 6.54 Å². The molecule has 4 heteroatoms. The highest BCUT2D eigenvalue weighted by atomic mass is 16.5. The van der Waals surface area contributed by atoms with E-state index in [4.69, 9.17) is 4.52 Å². The molecule has 0 aliphatic rings. The van der Waals surface area contributed by atoms with Gasteiger partial charge in [-0.25, -0.2) is 0 Å². The van der Waals surface area contributed by atoms with Crippen LogP contribution in [-0.4, -0.2) is 28.6 Å². The topological polar surface area (TPSA) is 42.2 Å². The van der Waals surface area contributed by atoms with Crippen LogP contribution in [0.15, 0.2) is 28.8 Å². The maximum absolute atomic E-state index is 5.30. The van der Waals surface area contributed by atoms with E-state index in [0.717, 1.165) is 12.1 Å². The minimum absolute atomic E-state index is 0.666. The lowest BCUT2D eigenvalue weighted by atomic mass is 10.1. The highest BCUT2D eigenvalue weighted by Crippen LogP contribution is 2.16. The Morgan fingerprint density at radius 2 is 1.95 bits per heavy atom. The zero-order chi connectivity index (χ0) is 13.7. The number of benzene rings is 1. The van der Waals surface area contributed by atoms with Gasteiger partial charge in [0.2, 0.25) is 11.7 Å². The molecule has 0 aliphatic carbocycles. The van der Waals surface area contributed by atoms with Crippen molar-refractivity contribution >= 4 is 0 Å². The average molecular weight is 259 g/mol. The summed E-state index contributed by atoms with van der Waals surface area (Å²) in [6.45, 7) is 6.02. The first kappa shape index (κ1) is 13.7. The summed E-state index contributed by atoms with van der Waals surface area (Å²) < 4.78 is 5.30. The van der Waals surface area contributed by atoms with Crippen molar-refractivity contribution in [2.45, 2.75) is 33.2 Å². The lowest BCUT2D eigenvalue weighted by molar-refractivity contribution is 0.264. The van der Waals surface area contributed by atoms with Crippen molar-refractivity contribution in [2.24, 2.45) is 0 Å². The van der Waals surface area contributed by atoms with E-state index >= 15 is 0 Å². The van der Waals surface area contributed by atoms with Crippen LogP contribution in [0.1, 0.15) is 31.2 Å². The minimum Gasteiger partial charge on any atom is -0.338 e. The fourth-order valence-corrected chi connectivity index (χ4v) is 1.88. The summed E-state index contributed by atoms with van der Waals surface area (Å²) in [5, 5.41) is 4.04. The van der Waals surface area contributed by atoms with Crippen molar-refractivity contribution in [3.8, 4) is 11.4 Å². The molecule has 0 unspecified atom stereocenters. The molecule has 2 rings (SSSR count). The molecule has 0 fully saturated rings. The predicted octanol–water partition coefficient (Wildman–Crippen LogP) is 3.28. The molecule has 1 aromatic carbocycles. The molecular weight excluding hydrogens is 238 g/mol. The molecule has 2 aromatic rings. The van der Waals surface area contributed by atoms with E-state index < -0.39 is 0 Å². The van der Waals surface area contributed by atoms with Crippen LogP contribution in [-0.2, 0) is 6.54 Å². The summed E-state index contributed by atoms with van der Waals surface area (Å²) in [5.74, 6) is 1.34. The number of nitrogens with zero attached hydrogens (tertiary/aromatic N) is 3. The van der Waals surface area contributed by atoms with Gasteiger partial charge in [-0.05, 0) is 26.9 Å². The van der Waals surface area contributed by atoms with Crippen LogP contribution in [0.2, 0.25) is 0 Å². The van der Waals surface area contributed by atoms with Gasteiger partial charge < -0.3 is 4.52 Å². The molecule has 1 heterocycles. The Morgan fingerprint density at radius 3 is 2.63 bits per heavy atom. The summed E-state index contributed by atoms with van der Waals surface area (Å²) in [5.41, 5.74) is 2.23. The minimum atomic E-state index is 0.666. The highest BCUT2D eigenvalue weighted by Gasteiger charge is 2.10. The number of aromatic nitrogens is 2. The maximum Gasteiger partial charge on any atom is 0.241 e. The largest absolute Gasteiger partial charge is 0.338 e. The van der Waals surface area contributed by atoms with Crippen LogP contribution in [0, 0.1) is 6.92 Å². The zero-order valence-corrected chi connectivity index (χ0v) is 11.9. The first-order valence-corrected chi connectivity index (χ1v) is 6.77. The molecule has 4 nitrogen and oxygen atoms in total. The smallest absolute Gasteiger partial charge is 0.241 e. The van der Waals surface area contributed by atoms with E-state index in [1.165, 1.54) is 18.4 Å². The third-order valence-corrected chi connectivity index (χ3v) is 3.08. The van der Waals surface area contributed by atoms with Crippen LogP contribution in [0.4, 0.5) is 0 Å². The van der Waals surface area contributed by atoms with Crippen molar-refractivity contribution in [1.82, 2.24) is 15.0 Å². The molecule has 102 valence electrons. The van der Waals surface area contributed by atoms with Gasteiger partial charge in [0.15, 0.2) is 0 Å². The van der Waals surface area contributed by atoms with Gasteiger partial charge in [0, 0.05) is 5.56 Å². The van der Waals surface area contributed by atoms with Gasteiger partial charge >= 0.3 is 0 Å². The fourth-order valence-electron chi connectivity index (χ4n) is 1.88. The normalized spacial score (nSPS) is 11.2. The molecule has 0 amide bonds. The van der Waals surface area contributed by atoms with Crippen molar-refractivity contribution in [2.75, 3.05) is 13.6 Å². The summed E-state index contributed by atoms with van der Waals surface area (Å²) >= 11 is 0. The van der Waals surface area contributed by atoms with E-state index in [9.17, 15) is 0 Å². The van der Waals surface area contributed by atoms with Crippen molar-refractivity contribution in [3.63, 3.8) is 0 Å². The maximum atomic E-state index is 5.30. The molecule has 0 saturated carbocycles. The Kier molecular flexibility index (Phi) is 4.68. The summed E-state index contributed by atoms with van der Waals surface area (Å²) in [6.07, 6.45) is 2.39. The molecule has 0 N–H and O–H groups in total. The van der Waals surface area contributed by atoms with Crippen LogP contribution in [0.25, 0.3) is 11.4 Å². The van der Waals surface area contributed by atoms with Gasteiger partial charge in [-0.3, -0.25) is 4.90 Å². The van der Waals surface area contributed by atoms with Crippen LogP contribution < -0.4 is 0 Å². The van der Waals surface area contributed by atoms with Gasteiger partial charge in [-0.1, -0.05) is 48.3 Å². The second kappa shape index (κ2) is 6.48. The molecule has 0 saturated heterocycles. The fraction of sp³-hybridized carbons (Fsp3) is 0.467. The third kappa shape index (κ3) is 3.89. The van der Waals surface area contributed by atoms with Crippen molar-refractivity contribution in [1.29, 1.82) is 0 Å². The number of rotatable bonds is 6. The second-order valence-corrected chi connectivity index (χ2v) is 4.97. The molecule has 0 atom stereocenters. The van der Waals surface area contributed by atoms with Crippen LogP contribution in [0.5, 0.6) is 0 Å². The quantitative estimate of drug-likeness (QED) is 0.798. The van der Waals surface area contributed by atoms with Crippen molar-refractivity contribution < 1.29 is 4.52 Å². The number of aryl methyl sites for hydroxylation is 1. The molecule has 0 radical (unpaired) electrons. The molecule has 0 aliphatic heterocycles. The van der Waals surface area contributed by atoms with E-state index in [0.29, 0.717) is 18.3 Å². The Morgan fingerprint density at radius 1 is 1.21 bits per heavy atom. The molecule has 0 spiro atoms. The molecule has 19 heavy (non-hydrogen) atoms. The average Bonchev–Trinajstić information content (AvgIpc) is 2.85. The zero-order valence-electron chi connectivity index (χ0n) is 11.9. The Labute approximate surface area is 114 Å². The summed E-state index contributed by atoms with van der Waals surface area (Å²) in [6, 6.07) is 8.15. The van der Waals surface area contributed by atoms with Crippen LogP contribution in [0.3, 0.4) is 0 Å². The molecular formula is C15H21N3O. The summed E-state index contributed by atoms with van der Waals surface area (Å²) in [7, 11) is 2.07. The van der Waals surface area contributed by atoms with Gasteiger partial charge in [0.1, 0.15) is 0 Å². The number of hydrogen-bond donors (Lipinski definition) is 0. The Balaban J connectivity index is 2.00. The lowest BCUT2D eigenvalue weighted by Gasteiger charge is -2.12. The Bertz CT molecular complexity index is 504. The van der Waals surface area contributed by atoms with E-state index in [2.05, 4.69) is 48.1 Å². The van der Waals surface area contributed by atoms with E-state index in [-0.39, 0.29) is 0 Å². The third-order valence-electron chi connectivity index (χ3n) is 3.08. The second-order valence-electron chi connectivity index (χ2n) is 4.97. The Hall–Kier alpha value is -1.68. The SMILES string of the molecule is CCCCN(C)Cc1nc(-c2ccc(C)cc2)no1.